The molecule has 2 N–H and O–H groups in total. The number of halogens is 1. The Morgan fingerprint density at radius 3 is 2.63 bits per heavy atom. The first-order valence-electron chi connectivity index (χ1n) is 6.34. The summed E-state index contributed by atoms with van der Waals surface area (Å²) < 4.78 is 5.71. The highest BCUT2D eigenvalue weighted by atomic mass is 35.5. The van der Waals surface area contributed by atoms with Crippen LogP contribution in [0.2, 0.25) is 5.02 Å². The van der Waals surface area contributed by atoms with E-state index in [9.17, 15) is 4.79 Å². The van der Waals surface area contributed by atoms with E-state index in [1.54, 1.807) is 13.0 Å². The monoisotopic (exact) mass is 284 g/mol. The number of hydrogen-bond acceptors (Lipinski definition) is 3. The molecule has 0 saturated heterocycles. The van der Waals surface area contributed by atoms with Gasteiger partial charge in [0, 0.05) is 23.2 Å². The predicted molar refractivity (Wildman–Crippen MR) is 77.6 cm³/mol. The molecule has 0 aromatic heterocycles. The molecule has 4 nitrogen and oxygen atoms in total. The Morgan fingerprint density at radius 1 is 1.37 bits per heavy atom. The van der Waals surface area contributed by atoms with Gasteiger partial charge in [0.2, 0.25) is 0 Å². The smallest absolute Gasteiger partial charge is 0.260 e. The fourth-order valence-corrected chi connectivity index (χ4v) is 1.88. The molecule has 0 radical (unpaired) electrons. The summed E-state index contributed by atoms with van der Waals surface area (Å²) in [6.07, 6.45) is -0.559. The van der Waals surface area contributed by atoms with Crippen molar-refractivity contribution in [3.63, 3.8) is 0 Å². The summed E-state index contributed by atoms with van der Waals surface area (Å²) in [6.45, 7) is 6.14. The summed E-state index contributed by atoms with van der Waals surface area (Å²) in [7, 11) is 1.84. The largest absolute Gasteiger partial charge is 0.481 e. The van der Waals surface area contributed by atoms with E-state index < -0.39 is 6.10 Å². The van der Waals surface area contributed by atoms with Gasteiger partial charge in [0.15, 0.2) is 6.10 Å². The molecule has 1 amide bonds. The molecular formula is C14H21ClN2O2. The third-order valence-corrected chi connectivity index (χ3v) is 2.89. The number of carbonyl (C=O) groups excluding carboxylic acids is 1. The molecule has 1 aromatic carbocycles. The van der Waals surface area contributed by atoms with Crippen molar-refractivity contribution >= 4 is 17.5 Å². The Labute approximate surface area is 119 Å². The Bertz CT molecular complexity index is 435. The van der Waals surface area contributed by atoms with Crippen LogP contribution in [-0.4, -0.2) is 25.1 Å². The quantitative estimate of drug-likeness (QED) is 0.843. The van der Waals surface area contributed by atoms with Crippen LogP contribution in [-0.2, 0) is 11.3 Å². The summed E-state index contributed by atoms with van der Waals surface area (Å²) in [5, 5.41) is 6.48. The number of hydrogen-bond donors (Lipinski definition) is 2. The van der Waals surface area contributed by atoms with Gasteiger partial charge in [-0.15, -0.1) is 0 Å². The molecule has 0 fully saturated rings. The van der Waals surface area contributed by atoms with Crippen LogP contribution in [0.4, 0.5) is 0 Å². The first-order chi connectivity index (χ1) is 8.95. The van der Waals surface area contributed by atoms with E-state index in [-0.39, 0.29) is 11.9 Å². The maximum Gasteiger partial charge on any atom is 0.260 e. The first-order valence-corrected chi connectivity index (χ1v) is 6.72. The number of nitrogens with one attached hydrogen (secondary N) is 2. The van der Waals surface area contributed by atoms with Gasteiger partial charge in [-0.1, -0.05) is 17.7 Å². The molecule has 0 aliphatic rings. The van der Waals surface area contributed by atoms with Crippen LogP contribution in [0.15, 0.2) is 18.2 Å². The number of carbonyl (C=O) groups is 1. The van der Waals surface area contributed by atoms with Crippen LogP contribution in [0, 0.1) is 0 Å². The van der Waals surface area contributed by atoms with E-state index >= 15 is 0 Å². The van der Waals surface area contributed by atoms with Crippen molar-refractivity contribution < 1.29 is 9.53 Å². The molecule has 0 spiro atoms. The third kappa shape index (κ3) is 4.73. The van der Waals surface area contributed by atoms with Crippen LogP contribution < -0.4 is 15.4 Å². The van der Waals surface area contributed by atoms with E-state index in [1.165, 1.54) is 0 Å². The van der Waals surface area contributed by atoms with Crippen molar-refractivity contribution in [2.24, 2.45) is 0 Å². The average molecular weight is 285 g/mol. The van der Waals surface area contributed by atoms with Crippen LogP contribution in [0.25, 0.3) is 0 Å². The standard InChI is InChI=1S/C14H21ClN2O2/c1-9(2)17-14(18)10(3)19-13-7-5-6-12(15)11(13)8-16-4/h5-7,9-10,16H,8H2,1-4H3,(H,17,18). The lowest BCUT2D eigenvalue weighted by Crippen LogP contribution is -2.40. The molecule has 106 valence electrons. The van der Waals surface area contributed by atoms with Gasteiger partial charge in [0.1, 0.15) is 5.75 Å². The SMILES string of the molecule is CNCc1c(Cl)cccc1OC(C)C(=O)NC(C)C. The van der Waals surface area contributed by atoms with Gasteiger partial charge in [-0.3, -0.25) is 4.79 Å². The zero-order chi connectivity index (χ0) is 14.4. The summed E-state index contributed by atoms with van der Waals surface area (Å²) in [6, 6.07) is 5.52. The summed E-state index contributed by atoms with van der Waals surface area (Å²) in [4.78, 5) is 11.8. The van der Waals surface area contributed by atoms with Gasteiger partial charge >= 0.3 is 0 Å². The van der Waals surface area contributed by atoms with E-state index in [2.05, 4.69) is 10.6 Å². The van der Waals surface area contributed by atoms with Gasteiger partial charge in [0.25, 0.3) is 5.91 Å². The fourth-order valence-electron chi connectivity index (χ4n) is 1.64. The molecule has 0 heterocycles. The second kappa shape index (κ2) is 7.36. The van der Waals surface area contributed by atoms with Gasteiger partial charge in [-0.25, -0.2) is 0 Å². The van der Waals surface area contributed by atoms with Gasteiger partial charge < -0.3 is 15.4 Å². The van der Waals surface area contributed by atoms with Crippen LogP contribution in [0.3, 0.4) is 0 Å². The van der Waals surface area contributed by atoms with E-state index in [4.69, 9.17) is 16.3 Å². The first kappa shape index (κ1) is 15.8. The maximum atomic E-state index is 11.8. The minimum atomic E-state index is -0.559. The van der Waals surface area contributed by atoms with Crippen molar-refractivity contribution in [2.75, 3.05) is 7.05 Å². The molecule has 1 unspecified atom stereocenters. The second-order valence-electron chi connectivity index (χ2n) is 4.67. The Hall–Kier alpha value is -1.26. The lowest BCUT2D eigenvalue weighted by atomic mass is 10.2. The molecular weight excluding hydrogens is 264 g/mol. The summed E-state index contributed by atoms with van der Waals surface area (Å²) >= 11 is 6.13. The van der Waals surface area contributed by atoms with E-state index in [0.29, 0.717) is 17.3 Å². The lowest BCUT2D eigenvalue weighted by molar-refractivity contribution is -0.127. The Morgan fingerprint density at radius 2 is 2.05 bits per heavy atom. The minimum absolute atomic E-state index is 0.0923. The molecule has 19 heavy (non-hydrogen) atoms. The molecule has 1 aromatic rings. The van der Waals surface area contributed by atoms with Crippen molar-refractivity contribution in [3.8, 4) is 5.75 Å². The van der Waals surface area contributed by atoms with E-state index in [0.717, 1.165) is 5.56 Å². The zero-order valence-corrected chi connectivity index (χ0v) is 12.5. The Kier molecular flexibility index (Phi) is 6.12. The lowest BCUT2D eigenvalue weighted by Gasteiger charge is -2.19. The summed E-state index contributed by atoms with van der Waals surface area (Å²) in [5.74, 6) is 0.499. The summed E-state index contributed by atoms with van der Waals surface area (Å²) in [5.41, 5.74) is 0.857. The van der Waals surface area contributed by atoms with Crippen LogP contribution in [0.5, 0.6) is 5.75 Å². The van der Waals surface area contributed by atoms with Crippen molar-refractivity contribution in [2.45, 2.75) is 39.5 Å². The second-order valence-corrected chi connectivity index (χ2v) is 5.08. The van der Waals surface area contributed by atoms with Crippen molar-refractivity contribution in [1.29, 1.82) is 0 Å². The number of benzene rings is 1. The fraction of sp³-hybridized carbons (Fsp3) is 0.500. The number of ether oxygens (including phenoxy) is 1. The molecule has 1 atom stereocenters. The van der Waals surface area contributed by atoms with Gasteiger partial charge in [-0.05, 0) is 40.0 Å². The molecule has 5 heteroatoms. The molecule has 0 aliphatic carbocycles. The van der Waals surface area contributed by atoms with Gasteiger partial charge in [-0.2, -0.15) is 0 Å². The topological polar surface area (TPSA) is 50.4 Å². The highest BCUT2D eigenvalue weighted by Gasteiger charge is 2.17. The normalized spacial score (nSPS) is 12.3. The number of rotatable bonds is 6. The predicted octanol–water partition coefficient (Wildman–Crippen LogP) is 2.35. The van der Waals surface area contributed by atoms with Crippen LogP contribution in [0.1, 0.15) is 26.3 Å². The van der Waals surface area contributed by atoms with Crippen LogP contribution >= 0.6 is 11.6 Å². The molecule has 0 saturated carbocycles. The number of amides is 1. The molecule has 1 rings (SSSR count). The zero-order valence-electron chi connectivity index (χ0n) is 11.8. The third-order valence-electron chi connectivity index (χ3n) is 2.53. The van der Waals surface area contributed by atoms with E-state index in [1.807, 2.05) is 33.0 Å². The highest BCUT2D eigenvalue weighted by Crippen LogP contribution is 2.27. The molecule has 0 bridgehead atoms. The maximum absolute atomic E-state index is 11.8. The van der Waals surface area contributed by atoms with Crippen molar-refractivity contribution in [1.82, 2.24) is 10.6 Å². The average Bonchev–Trinajstić information content (AvgIpc) is 2.32. The molecule has 0 aliphatic heterocycles. The highest BCUT2D eigenvalue weighted by molar-refractivity contribution is 6.31. The minimum Gasteiger partial charge on any atom is -0.481 e. The van der Waals surface area contributed by atoms with Crippen molar-refractivity contribution in [3.05, 3.63) is 28.8 Å². The van der Waals surface area contributed by atoms with Gasteiger partial charge in [0.05, 0.1) is 0 Å². The Balaban J connectivity index is 2.81.